The van der Waals surface area contributed by atoms with Crippen molar-refractivity contribution >= 4 is 7.14 Å². The molecule has 1 saturated heterocycles. The first-order valence-electron chi connectivity index (χ1n) is 3.73. The molecule has 0 N–H and O–H groups in total. The Balaban J connectivity index is 2.60. The minimum Gasteiger partial charge on any atom is -0.324 e. The van der Waals surface area contributed by atoms with Crippen molar-refractivity contribution in [2.45, 2.75) is 13.3 Å². The summed E-state index contributed by atoms with van der Waals surface area (Å²) < 4.78 is 11.7. The number of terminal acetylenes is 1. The van der Waals surface area contributed by atoms with E-state index in [1.54, 1.807) is 0 Å². The van der Waals surface area contributed by atoms with Crippen molar-refractivity contribution < 1.29 is 4.57 Å². The lowest BCUT2D eigenvalue weighted by atomic mass is 10.1. The van der Waals surface area contributed by atoms with Crippen LogP contribution in [0.2, 0.25) is 0 Å². The van der Waals surface area contributed by atoms with Crippen LogP contribution in [-0.2, 0) is 4.57 Å². The normalized spacial score (nSPS) is 39.4. The van der Waals surface area contributed by atoms with E-state index in [1.165, 1.54) is 0 Å². The first-order chi connectivity index (χ1) is 4.70. The van der Waals surface area contributed by atoms with Gasteiger partial charge in [-0.2, -0.15) is 0 Å². The van der Waals surface area contributed by atoms with Gasteiger partial charge in [0.05, 0.1) is 7.14 Å². The second-order valence-corrected chi connectivity index (χ2v) is 6.49. The van der Waals surface area contributed by atoms with Crippen molar-refractivity contribution in [2.75, 3.05) is 18.5 Å². The van der Waals surface area contributed by atoms with Gasteiger partial charge in [0.1, 0.15) is 0 Å². The summed E-state index contributed by atoms with van der Waals surface area (Å²) in [5.41, 5.74) is 0. The number of rotatable bonds is 1. The lowest BCUT2D eigenvalue weighted by Gasteiger charge is -2.05. The highest BCUT2D eigenvalue weighted by molar-refractivity contribution is 7.64. The van der Waals surface area contributed by atoms with E-state index < -0.39 is 7.14 Å². The number of hydrogen-bond acceptors (Lipinski definition) is 1. The van der Waals surface area contributed by atoms with Crippen LogP contribution in [0, 0.1) is 18.3 Å². The summed E-state index contributed by atoms with van der Waals surface area (Å²) in [5.74, 6) is 2.99. The molecule has 0 amide bonds. The average Bonchev–Trinajstić information content (AvgIpc) is 2.33. The first kappa shape index (κ1) is 7.89. The fourth-order valence-electron chi connectivity index (χ4n) is 1.40. The highest BCUT2D eigenvalue weighted by Crippen LogP contribution is 2.53. The summed E-state index contributed by atoms with van der Waals surface area (Å²) in [4.78, 5) is 0. The van der Waals surface area contributed by atoms with Crippen LogP contribution >= 0.6 is 7.14 Å². The average molecular weight is 156 g/mol. The smallest absolute Gasteiger partial charge is 0.0887 e. The number of hydrogen-bond donors (Lipinski definition) is 0. The van der Waals surface area contributed by atoms with Crippen LogP contribution in [0.4, 0.5) is 0 Å². The van der Waals surface area contributed by atoms with E-state index in [1.807, 2.05) is 6.92 Å². The van der Waals surface area contributed by atoms with Gasteiger partial charge in [0.25, 0.3) is 0 Å². The minimum absolute atomic E-state index is 0.311. The maximum atomic E-state index is 11.7. The summed E-state index contributed by atoms with van der Waals surface area (Å²) in [6.07, 6.45) is 8.76. The van der Waals surface area contributed by atoms with Gasteiger partial charge in [-0.25, -0.2) is 0 Å². The summed E-state index contributed by atoms with van der Waals surface area (Å²) in [6.45, 7) is 2.00. The Morgan fingerprint density at radius 1 is 1.80 bits per heavy atom. The van der Waals surface area contributed by atoms with E-state index in [-0.39, 0.29) is 0 Å². The fraction of sp³-hybridized carbons (Fsp3) is 0.750. The Morgan fingerprint density at radius 3 is 2.80 bits per heavy atom. The van der Waals surface area contributed by atoms with Gasteiger partial charge in [-0.15, -0.1) is 12.3 Å². The Bertz CT molecular complexity index is 202. The third-order valence-corrected chi connectivity index (χ3v) is 5.58. The highest BCUT2D eigenvalue weighted by Gasteiger charge is 2.30. The van der Waals surface area contributed by atoms with Gasteiger partial charge in [-0.1, -0.05) is 6.92 Å². The van der Waals surface area contributed by atoms with Crippen LogP contribution < -0.4 is 0 Å². The van der Waals surface area contributed by atoms with E-state index >= 15 is 0 Å². The van der Waals surface area contributed by atoms with E-state index in [2.05, 4.69) is 5.92 Å². The van der Waals surface area contributed by atoms with Gasteiger partial charge in [0.2, 0.25) is 0 Å². The fourth-order valence-corrected chi connectivity index (χ4v) is 4.03. The minimum atomic E-state index is -1.77. The molecule has 1 aliphatic heterocycles. The molecule has 0 bridgehead atoms. The van der Waals surface area contributed by atoms with Crippen molar-refractivity contribution in [1.82, 2.24) is 0 Å². The highest BCUT2D eigenvalue weighted by atomic mass is 31.2. The molecule has 1 aliphatic rings. The molecule has 0 radical (unpaired) electrons. The monoisotopic (exact) mass is 156 g/mol. The van der Waals surface area contributed by atoms with Crippen molar-refractivity contribution in [2.24, 2.45) is 5.92 Å². The van der Waals surface area contributed by atoms with Gasteiger partial charge in [0, 0.05) is 18.2 Å². The molecule has 0 aromatic heterocycles. The zero-order chi connectivity index (χ0) is 7.61. The van der Waals surface area contributed by atoms with E-state index in [0.717, 1.165) is 24.9 Å². The van der Waals surface area contributed by atoms with Gasteiger partial charge in [0.15, 0.2) is 0 Å². The van der Waals surface area contributed by atoms with Gasteiger partial charge in [-0.3, -0.25) is 0 Å². The Morgan fingerprint density at radius 2 is 2.50 bits per heavy atom. The van der Waals surface area contributed by atoms with Crippen LogP contribution in [0.5, 0.6) is 0 Å². The van der Waals surface area contributed by atoms with Crippen LogP contribution in [0.15, 0.2) is 0 Å². The second kappa shape index (κ2) is 2.81. The maximum absolute atomic E-state index is 11.7. The van der Waals surface area contributed by atoms with Crippen LogP contribution in [0.3, 0.4) is 0 Å². The third kappa shape index (κ3) is 1.44. The molecule has 1 heterocycles. The second-order valence-electron chi connectivity index (χ2n) is 2.93. The molecule has 10 heavy (non-hydrogen) atoms. The molecule has 1 nitrogen and oxygen atoms in total. The Labute approximate surface area is 62.6 Å². The molecule has 1 fully saturated rings. The van der Waals surface area contributed by atoms with E-state index in [0.29, 0.717) is 5.92 Å². The van der Waals surface area contributed by atoms with Crippen LogP contribution in [-0.4, -0.2) is 18.5 Å². The molecule has 56 valence electrons. The lowest BCUT2D eigenvalue weighted by Crippen LogP contribution is -1.93. The predicted octanol–water partition coefficient (Wildman–Crippen LogP) is 2.02. The zero-order valence-electron chi connectivity index (χ0n) is 6.34. The lowest BCUT2D eigenvalue weighted by molar-refractivity contribution is 0.579. The van der Waals surface area contributed by atoms with Crippen LogP contribution in [0.1, 0.15) is 13.3 Å². The first-order valence-corrected chi connectivity index (χ1v) is 5.99. The summed E-state index contributed by atoms with van der Waals surface area (Å²) in [7, 11) is -1.77. The quantitative estimate of drug-likeness (QED) is 0.419. The summed E-state index contributed by atoms with van der Waals surface area (Å²) >= 11 is 0. The maximum Gasteiger partial charge on any atom is 0.0887 e. The molecule has 0 saturated carbocycles. The van der Waals surface area contributed by atoms with Crippen molar-refractivity contribution in [3.05, 3.63) is 0 Å². The molecule has 0 spiro atoms. The summed E-state index contributed by atoms with van der Waals surface area (Å²) in [6, 6.07) is 0. The Kier molecular flexibility index (Phi) is 2.21. The largest absolute Gasteiger partial charge is 0.324 e. The SMILES string of the molecule is C#CC1CCP(=O)(CC)C1. The Hall–Kier alpha value is -0.210. The molecule has 0 aromatic carbocycles. The molecular formula is C8H13OP. The molecule has 0 aromatic rings. The third-order valence-electron chi connectivity index (χ3n) is 2.25. The van der Waals surface area contributed by atoms with Gasteiger partial charge in [-0.05, 0) is 12.6 Å². The van der Waals surface area contributed by atoms with E-state index in [9.17, 15) is 4.57 Å². The van der Waals surface area contributed by atoms with Gasteiger partial charge >= 0.3 is 0 Å². The molecule has 1 rings (SSSR count). The standard InChI is InChI=1S/C8H13OP/c1-3-8-5-6-10(9,4-2)7-8/h1,8H,4-7H2,2H3. The molecule has 2 heteroatoms. The topological polar surface area (TPSA) is 17.1 Å². The van der Waals surface area contributed by atoms with Crippen molar-refractivity contribution in [3.63, 3.8) is 0 Å². The molecular weight excluding hydrogens is 143 g/mol. The summed E-state index contributed by atoms with van der Waals surface area (Å²) in [5, 5.41) is 0. The van der Waals surface area contributed by atoms with E-state index in [4.69, 9.17) is 6.42 Å². The zero-order valence-corrected chi connectivity index (χ0v) is 7.23. The van der Waals surface area contributed by atoms with Gasteiger partial charge < -0.3 is 4.57 Å². The molecule has 0 aliphatic carbocycles. The predicted molar refractivity (Wildman–Crippen MR) is 44.8 cm³/mol. The van der Waals surface area contributed by atoms with Crippen molar-refractivity contribution in [1.29, 1.82) is 0 Å². The molecule has 2 atom stereocenters. The molecule has 2 unspecified atom stereocenters. The van der Waals surface area contributed by atoms with Crippen LogP contribution in [0.25, 0.3) is 0 Å². The van der Waals surface area contributed by atoms with Crippen molar-refractivity contribution in [3.8, 4) is 12.3 Å².